The molecule has 1 aliphatic carbocycles. The van der Waals surface area contributed by atoms with E-state index in [-0.39, 0.29) is 0 Å². The number of rotatable bonds is 3. The molecule has 0 saturated heterocycles. The maximum Gasteiger partial charge on any atom is -0.0194 e. The van der Waals surface area contributed by atoms with E-state index in [9.17, 15) is 0 Å². The zero-order valence-corrected chi connectivity index (χ0v) is 7.64. The van der Waals surface area contributed by atoms with Crippen LogP contribution in [0, 0.1) is 5.92 Å². The fourth-order valence-electron chi connectivity index (χ4n) is 1.50. The average molecular weight is 150 g/mol. The molecule has 1 unspecified atom stereocenters. The minimum absolute atomic E-state index is 0.798. The summed E-state index contributed by atoms with van der Waals surface area (Å²) >= 11 is 0. The molecule has 0 aromatic carbocycles. The molecule has 0 spiro atoms. The van der Waals surface area contributed by atoms with Crippen LogP contribution >= 0.6 is 0 Å². The quantitative estimate of drug-likeness (QED) is 0.575. The molecule has 11 heavy (non-hydrogen) atoms. The highest BCUT2D eigenvalue weighted by Gasteiger charge is 2.07. The largest absolute Gasteiger partial charge is 0.0840 e. The fourth-order valence-corrected chi connectivity index (χ4v) is 1.50. The summed E-state index contributed by atoms with van der Waals surface area (Å²) in [6.07, 6.45) is 12.0. The second-order valence-corrected chi connectivity index (χ2v) is 3.41. The Morgan fingerprint density at radius 1 is 1.55 bits per heavy atom. The highest BCUT2D eigenvalue weighted by atomic mass is 14.1. The van der Waals surface area contributed by atoms with Crippen molar-refractivity contribution in [1.29, 1.82) is 0 Å². The van der Waals surface area contributed by atoms with E-state index in [1.54, 1.807) is 5.57 Å². The van der Waals surface area contributed by atoms with E-state index in [0.29, 0.717) is 0 Å². The van der Waals surface area contributed by atoms with Gasteiger partial charge in [0.15, 0.2) is 0 Å². The average Bonchev–Trinajstić information content (AvgIpc) is 2.03. The summed E-state index contributed by atoms with van der Waals surface area (Å²) < 4.78 is 0. The van der Waals surface area contributed by atoms with Crippen LogP contribution in [0.25, 0.3) is 0 Å². The molecule has 1 rings (SSSR count). The molecule has 0 fully saturated rings. The Balaban J connectivity index is 2.40. The first-order valence-electron chi connectivity index (χ1n) is 4.70. The van der Waals surface area contributed by atoms with Gasteiger partial charge in [-0.2, -0.15) is 0 Å². The normalized spacial score (nSPS) is 23.5. The van der Waals surface area contributed by atoms with Gasteiger partial charge in [-0.25, -0.2) is 0 Å². The van der Waals surface area contributed by atoms with Gasteiger partial charge in [-0.1, -0.05) is 44.1 Å². The van der Waals surface area contributed by atoms with Crippen molar-refractivity contribution in [1.82, 2.24) is 0 Å². The number of hydrogen-bond acceptors (Lipinski definition) is 0. The van der Waals surface area contributed by atoms with Gasteiger partial charge in [0.05, 0.1) is 0 Å². The molecule has 0 N–H and O–H groups in total. The molecule has 0 aromatic heterocycles. The van der Waals surface area contributed by atoms with Crippen LogP contribution in [0.3, 0.4) is 0 Å². The van der Waals surface area contributed by atoms with Crippen molar-refractivity contribution in [3.8, 4) is 0 Å². The first kappa shape index (κ1) is 8.58. The van der Waals surface area contributed by atoms with Crippen LogP contribution in [0.5, 0.6) is 0 Å². The summed E-state index contributed by atoms with van der Waals surface area (Å²) in [5, 5.41) is 0. The van der Waals surface area contributed by atoms with Gasteiger partial charge in [0.25, 0.3) is 0 Å². The molecule has 0 heterocycles. The highest BCUT2D eigenvalue weighted by Crippen LogP contribution is 2.23. The zero-order chi connectivity index (χ0) is 8.10. The third kappa shape index (κ3) is 2.53. The van der Waals surface area contributed by atoms with Gasteiger partial charge in [0.2, 0.25) is 0 Å². The van der Waals surface area contributed by atoms with Crippen LogP contribution in [0.1, 0.15) is 39.5 Å². The minimum Gasteiger partial charge on any atom is -0.0840 e. The van der Waals surface area contributed by atoms with Crippen molar-refractivity contribution >= 4 is 0 Å². The van der Waals surface area contributed by atoms with Crippen LogP contribution in [0.2, 0.25) is 0 Å². The Morgan fingerprint density at radius 2 is 2.36 bits per heavy atom. The number of hydrogen-bond donors (Lipinski definition) is 0. The second kappa shape index (κ2) is 4.38. The van der Waals surface area contributed by atoms with E-state index in [0.717, 1.165) is 5.92 Å². The van der Waals surface area contributed by atoms with Crippen molar-refractivity contribution in [3.63, 3.8) is 0 Å². The molecule has 0 amide bonds. The van der Waals surface area contributed by atoms with Crippen molar-refractivity contribution in [2.75, 3.05) is 0 Å². The maximum atomic E-state index is 2.32. The predicted molar refractivity (Wildman–Crippen MR) is 50.5 cm³/mol. The summed E-state index contributed by atoms with van der Waals surface area (Å²) in [5.41, 5.74) is 1.65. The predicted octanol–water partition coefficient (Wildman–Crippen LogP) is 3.70. The lowest BCUT2D eigenvalue weighted by Crippen LogP contribution is -2.00. The SMILES string of the molecule is CCCCC1=CC=CCC1C. The first-order chi connectivity index (χ1) is 5.34. The lowest BCUT2D eigenvalue weighted by molar-refractivity contribution is 0.626. The van der Waals surface area contributed by atoms with Gasteiger partial charge < -0.3 is 0 Å². The molecule has 0 aromatic rings. The summed E-state index contributed by atoms with van der Waals surface area (Å²) in [7, 11) is 0. The Kier molecular flexibility index (Phi) is 3.41. The summed E-state index contributed by atoms with van der Waals surface area (Å²) in [4.78, 5) is 0. The molecule has 1 atom stereocenters. The van der Waals surface area contributed by atoms with Crippen LogP contribution in [-0.4, -0.2) is 0 Å². The van der Waals surface area contributed by atoms with Gasteiger partial charge in [-0.15, -0.1) is 0 Å². The Morgan fingerprint density at radius 3 is 3.00 bits per heavy atom. The lowest BCUT2D eigenvalue weighted by atomic mass is 9.90. The van der Waals surface area contributed by atoms with E-state index in [1.165, 1.54) is 25.7 Å². The van der Waals surface area contributed by atoms with Crippen molar-refractivity contribution in [2.24, 2.45) is 5.92 Å². The summed E-state index contributed by atoms with van der Waals surface area (Å²) in [5.74, 6) is 0.798. The van der Waals surface area contributed by atoms with Crippen molar-refractivity contribution < 1.29 is 0 Å². The van der Waals surface area contributed by atoms with Gasteiger partial charge in [0.1, 0.15) is 0 Å². The Labute approximate surface area is 70.0 Å². The van der Waals surface area contributed by atoms with E-state index in [2.05, 4.69) is 32.1 Å². The second-order valence-electron chi connectivity index (χ2n) is 3.41. The lowest BCUT2D eigenvalue weighted by Gasteiger charge is -2.16. The summed E-state index contributed by atoms with van der Waals surface area (Å²) in [6.45, 7) is 4.58. The number of allylic oxidation sites excluding steroid dienone is 4. The van der Waals surface area contributed by atoms with Crippen LogP contribution < -0.4 is 0 Å². The molecular weight excluding hydrogens is 132 g/mol. The van der Waals surface area contributed by atoms with Crippen molar-refractivity contribution in [3.05, 3.63) is 23.8 Å². The Hall–Kier alpha value is -0.520. The molecule has 0 radical (unpaired) electrons. The van der Waals surface area contributed by atoms with Gasteiger partial charge in [0, 0.05) is 0 Å². The Bertz CT molecular complexity index is 163. The third-order valence-electron chi connectivity index (χ3n) is 2.39. The molecular formula is C11H18. The van der Waals surface area contributed by atoms with E-state index >= 15 is 0 Å². The highest BCUT2D eigenvalue weighted by molar-refractivity contribution is 5.20. The minimum atomic E-state index is 0.798. The topological polar surface area (TPSA) is 0 Å². The smallest absolute Gasteiger partial charge is 0.0194 e. The number of unbranched alkanes of at least 4 members (excludes halogenated alkanes) is 1. The molecule has 62 valence electrons. The molecule has 0 heteroatoms. The molecule has 0 saturated carbocycles. The molecule has 0 aliphatic heterocycles. The fraction of sp³-hybridized carbons (Fsp3) is 0.636. The van der Waals surface area contributed by atoms with Gasteiger partial charge in [-0.3, -0.25) is 0 Å². The van der Waals surface area contributed by atoms with Crippen LogP contribution in [0.15, 0.2) is 23.8 Å². The van der Waals surface area contributed by atoms with Crippen molar-refractivity contribution in [2.45, 2.75) is 39.5 Å². The van der Waals surface area contributed by atoms with E-state index in [4.69, 9.17) is 0 Å². The summed E-state index contributed by atoms with van der Waals surface area (Å²) in [6, 6.07) is 0. The zero-order valence-electron chi connectivity index (χ0n) is 7.64. The van der Waals surface area contributed by atoms with Crippen LogP contribution in [-0.2, 0) is 0 Å². The van der Waals surface area contributed by atoms with E-state index < -0.39 is 0 Å². The first-order valence-corrected chi connectivity index (χ1v) is 4.70. The van der Waals surface area contributed by atoms with E-state index in [1.807, 2.05) is 0 Å². The van der Waals surface area contributed by atoms with Gasteiger partial charge in [-0.05, 0) is 25.2 Å². The molecule has 0 bridgehead atoms. The third-order valence-corrected chi connectivity index (χ3v) is 2.39. The van der Waals surface area contributed by atoms with Gasteiger partial charge >= 0.3 is 0 Å². The monoisotopic (exact) mass is 150 g/mol. The molecule has 0 nitrogen and oxygen atoms in total. The maximum absolute atomic E-state index is 2.32. The standard InChI is InChI=1S/C11H18/c1-3-4-8-11-9-6-5-7-10(11)2/h5-6,9-10H,3-4,7-8H2,1-2H3. The van der Waals surface area contributed by atoms with Crippen LogP contribution in [0.4, 0.5) is 0 Å². The molecule has 1 aliphatic rings.